The lowest BCUT2D eigenvalue weighted by Crippen LogP contribution is -2.55. The fourth-order valence-corrected chi connectivity index (χ4v) is 4.04. The number of hydrogen-bond acceptors (Lipinski definition) is 6. The van der Waals surface area contributed by atoms with Crippen LogP contribution >= 0.6 is 0 Å². The molecule has 2 heterocycles. The van der Waals surface area contributed by atoms with E-state index >= 15 is 0 Å². The molecule has 4 rings (SSSR count). The van der Waals surface area contributed by atoms with E-state index in [9.17, 15) is 26.7 Å². The highest BCUT2D eigenvalue weighted by molar-refractivity contribution is 6.00. The summed E-state index contributed by atoms with van der Waals surface area (Å²) in [5, 5.41) is 6.16. The minimum Gasteiger partial charge on any atom is -0.365 e. The van der Waals surface area contributed by atoms with Gasteiger partial charge in [0.1, 0.15) is 17.9 Å². The summed E-state index contributed by atoms with van der Waals surface area (Å²) in [6, 6.07) is 3.92. The molecule has 1 aliphatic rings. The third-order valence-electron chi connectivity index (χ3n) is 5.73. The predicted octanol–water partition coefficient (Wildman–Crippen LogP) is 3.76. The molecule has 182 valence electrons. The molecule has 0 radical (unpaired) electrons. The first kappa shape index (κ1) is 23.7. The Morgan fingerprint density at radius 2 is 2.03 bits per heavy atom. The summed E-state index contributed by atoms with van der Waals surface area (Å²) >= 11 is 0. The fraction of sp³-hybridized carbons (Fsp3) is 0.381. The van der Waals surface area contributed by atoms with E-state index in [1.54, 1.807) is 12.1 Å². The normalized spacial score (nSPS) is 20.3. The highest BCUT2D eigenvalue weighted by atomic mass is 19.4. The van der Waals surface area contributed by atoms with Gasteiger partial charge in [0.2, 0.25) is 5.95 Å². The first-order valence-electron chi connectivity index (χ1n) is 10.4. The van der Waals surface area contributed by atoms with Crippen molar-refractivity contribution in [2.45, 2.75) is 50.0 Å². The van der Waals surface area contributed by atoms with Crippen molar-refractivity contribution in [1.82, 2.24) is 14.5 Å². The third kappa shape index (κ3) is 4.88. The monoisotopic (exact) mass is 483 g/mol. The van der Waals surface area contributed by atoms with Gasteiger partial charge in [-0.2, -0.15) is 18.2 Å². The Kier molecular flexibility index (Phi) is 6.06. The Balaban J connectivity index is 1.65. The van der Waals surface area contributed by atoms with E-state index in [2.05, 4.69) is 20.6 Å². The number of carbonyl (C=O) groups excluding carboxylic acids is 1. The van der Waals surface area contributed by atoms with Gasteiger partial charge in [0.05, 0.1) is 17.6 Å². The largest absolute Gasteiger partial charge is 0.406 e. The number of halogens is 5. The first-order chi connectivity index (χ1) is 15.9. The zero-order valence-corrected chi connectivity index (χ0v) is 17.7. The van der Waals surface area contributed by atoms with Gasteiger partial charge in [0.15, 0.2) is 0 Å². The molecule has 1 aliphatic carbocycles. The SMILES string of the molecule is NC(=O)c1cnc(N[C@@H]2CCCC(F)(F)[C@@H]2N)nc1Nc1cccc2c1ccn2CC(F)(F)F. The number of nitrogens with zero attached hydrogens (tertiary/aromatic N) is 3. The van der Waals surface area contributed by atoms with E-state index in [-0.39, 0.29) is 30.2 Å². The number of amides is 1. The molecule has 1 aromatic carbocycles. The van der Waals surface area contributed by atoms with Crippen molar-refractivity contribution in [2.75, 3.05) is 10.6 Å². The number of carbonyl (C=O) groups is 1. The Morgan fingerprint density at radius 1 is 1.26 bits per heavy atom. The van der Waals surface area contributed by atoms with Crippen LogP contribution in [0.25, 0.3) is 10.9 Å². The second-order valence-electron chi connectivity index (χ2n) is 8.17. The van der Waals surface area contributed by atoms with Gasteiger partial charge >= 0.3 is 6.18 Å². The molecule has 0 bridgehead atoms. The Bertz CT molecular complexity index is 1210. The van der Waals surface area contributed by atoms with Crippen LogP contribution in [0, 0.1) is 0 Å². The van der Waals surface area contributed by atoms with E-state index in [0.717, 1.165) is 10.8 Å². The molecule has 1 amide bonds. The quantitative estimate of drug-likeness (QED) is 0.396. The van der Waals surface area contributed by atoms with Gasteiger partial charge in [0, 0.05) is 29.9 Å². The summed E-state index contributed by atoms with van der Waals surface area (Å²) in [5.74, 6) is -3.97. The number of anilines is 3. The van der Waals surface area contributed by atoms with E-state index in [1.807, 2.05) is 0 Å². The molecule has 3 aromatic rings. The molecule has 34 heavy (non-hydrogen) atoms. The highest BCUT2D eigenvalue weighted by Gasteiger charge is 2.45. The molecule has 0 saturated heterocycles. The number of nitrogens with one attached hydrogen (secondary N) is 2. The van der Waals surface area contributed by atoms with Crippen molar-refractivity contribution in [2.24, 2.45) is 11.5 Å². The number of nitrogens with two attached hydrogens (primary N) is 2. The summed E-state index contributed by atoms with van der Waals surface area (Å²) < 4.78 is 67.7. The Hall–Kier alpha value is -3.48. The minimum atomic E-state index is -4.40. The maximum absolute atomic E-state index is 14.0. The van der Waals surface area contributed by atoms with Gasteiger partial charge in [-0.3, -0.25) is 4.79 Å². The van der Waals surface area contributed by atoms with Crippen molar-refractivity contribution < 1.29 is 26.7 Å². The summed E-state index contributed by atoms with van der Waals surface area (Å²) in [4.78, 5) is 20.1. The standard InChI is InChI=1S/C21H22F5N7O/c22-20(23)7-2-4-14(16(20)27)31-19-29-9-12(17(28)34)18(32-19)30-13-3-1-5-15-11(13)6-8-33(15)10-21(24,25)26/h1,3,5-6,8-9,14,16H,2,4,7,10,27H2,(H2,28,34)(H2,29,30,31,32)/t14-,16-/m1/s1. The molecule has 0 spiro atoms. The summed E-state index contributed by atoms with van der Waals surface area (Å²) in [6.07, 6.45) is -1.62. The minimum absolute atomic E-state index is 0.0304. The van der Waals surface area contributed by atoms with E-state index in [1.165, 1.54) is 18.3 Å². The van der Waals surface area contributed by atoms with Crippen molar-refractivity contribution in [3.8, 4) is 0 Å². The molecule has 1 fully saturated rings. The van der Waals surface area contributed by atoms with E-state index < -0.39 is 36.6 Å². The topological polar surface area (TPSA) is 124 Å². The Morgan fingerprint density at radius 3 is 2.74 bits per heavy atom. The first-order valence-corrected chi connectivity index (χ1v) is 10.4. The highest BCUT2D eigenvalue weighted by Crippen LogP contribution is 2.34. The van der Waals surface area contributed by atoms with Crippen LogP contribution < -0.4 is 22.1 Å². The van der Waals surface area contributed by atoms with Gasteiger partial charge in [-0.25, -0.2) is 13.8 Å². The number of alkyl halides is 5. The van der Waals surface area contributed by atoms with Crippen molar-refractivity contribution in [3.05, 3.63) is 42.2 Å². The molecule has 13 heteroatoms. The lowest BCUT2D eigenvalue weighted by molar-refractivity contribution is -0.139. The van der Waals surface area contributed by atoms with Crippen LogP contribution in [0.15, 0.2) is 36.7 Å². The van der Waals surface area contributed by atoms with Crippen molar-refractivity contribution in [3.63, 3.8) is 0 Å². The van der Waals surface area contributed by atoms with E-state index in [0.29, 0.717) is 23.0 Å². The van der Waals surface area contributed by atoms with Crippen LogP contribution in [0.1, 0.15) is 29.6 Å². The van der Waals surface area contributed by atoms with Crippen LogP contribution in [-0.4, -0.2) is 44.6 Å². The second kappa shape index (κ2) is 8.70. The third-order valence-corrected chi connectivity index (χ3v) is 5.73. The maximum atomic E-state index is 14.0. The molecular weight excluding hydrogens is 461 g/mol. The van der Waals surface area contributed by atoms with Crippen LogP contribution in [0.2, 0.25) is 0 Å². The molecular formula is C21H22F5N7O. The summed E-state index contributed by atoms with van der Waals surface area (Å²) in [5.41, 5.74) is 11.7. The smallest absolute Gasteiger partial charge is 0.365 e. The van der Waals surface area contributed by atoms with Gasteiger partial charge in [-0.1, -0.05) is 6.07 Å². The van der Waals surface area contributed by atoms with Gasteiger partial charge in [0.25, 0.3) is 11.8 Å². The molecule has 2 atom stereocenters. The molecule has 2 aromatic heterocycles. The maximum Gasteiger partial charge on any atom is 0.406 e. The number of rotatable bonds is 6. The lowest BCUT2D eigenvalue weighted by Gasteiger charge is -2.35. The zero-order chi connectivity index (χ0) is 24.7. The average molecular weight is 483 g/mol. The van der Waals surface area contributed by atoms with Crippen LogP contribution in [0.5, 0.6) is 0 Å². The van der Waals surface area contributed by atoms with E-state index in [4.69, 9.17) is 11.5 Å². The molecule has 0 unspecified atom stereocenters. The van der Waals surface area contributed by atoms with Crippen molar-refractivity contribution in [1.29, 1.82) is 0 Å². The zero-order valence-electron chi connectivity index (χ0n) is 17.7. The number of benzene rings is 1. The average Bonchev–Trinajstić information content (AvgIpc) is 3.13. The lowest BCUT2D eigenvalue weighted by atomic mass is 9.87. The summed E-state index contributed by atoms with van der Waals surface area (Å²) in [7, 11) is 0. The van der Waals surface area contributed by atoms with Crippen LogP contribution in [0.4, 0.5) is 39.4 Å². The number of aromatic nitrogens is 3. The fourth-order valence-electron chi connectivity index (χ4n) is 4.04. The number of primary amides is 1. The molecule has 8 nitrogen and oxygen atoms in total. The molecule has 1 saturated carbocycles. The van der Waals surface area contributed by atoms with Crippen LogP contribution in [0.3, 0.4) is 0 Å². The molecule has 6 N–H and O–H groups in total. The summed E-state index contributed by atoms with van der Waals surface area (Å²) in [6.45, 7) is -1.17. The number of fused-ring (bicyclic) bond motifs is 1. The van der Waals surface area contributed by atoms with Crippen molar-refractivity contribution >= 4 is 34.3 Å². The predicted molar refractivity (Wildman–Crippen MR) is 116 cm³/mol. The number of hydrogen-bond donors (Lipinski definition) is 4. The Labute approximate surface area is 190 Å². The van der Waals surface area contributed by atoms with Gasteiger partial charge in [-0.05, 0) is 31.0 Å². The second-order valence-corrected chi connectivity index (χ2v) is 8.17. The van der Waals surface area contributed by atoms with Gasteiger partial charge in [-0.15, -0.1) is 0 Å². The van der Waals surface area contributed by atoms with Gasteiger partial charge < -0.3 is 26.7 Å². The van der Waals surface area contributed by atoms with Crippen LogP contribution in [-0.2, 0) is 6.54 Å². The molecule has 0 aliphatic heterocycles.